The van der Waals surface area contributed by atoms with Crippen molar-refractivity contribution in [1.29, 1.82) is 0 Å². The molecule has 28 heavy (non-hydrogen) atoms. The predicted molar refractivity (Wildman–Crippen MR) is 110 cm³/mol. The molecule has 150 valence electrons. The van der Waals surface area contributed by atoms with Gasteiger partial charge in [0.2, 0.25) is 10.0 Å². The smallest absolute Gasteiger partial charge is 0.321 e. The van der Waals surface area contributed by atoms with E-state index in [1.807, 2.05) is 42.5 Å². The summed E-state index contributed by atoms with van der Waals surface area (Å²) < 4.78 is 28.2. The number of nitrogens with zero attached hydrogens (tertiary/aromatic N) is 2. The lowest BCUT2D eigenvalue weighted by molar-refractivity contribution is 0.120. The topological polar surface area (TPSA) is 69.7 Å². The van der Waals surface area contributed by atoms with Gasteiger partial charge in [0.25, 0.3) is 0 Å². The van der Waals surface area contributed by atoms with Gasteiger partial charge < -0.3 is 10.2 Å². The zero-order chi connectivity index (χ0) is 19.6. The Balaban J connectivity index is 1.44. The summed E-state index contributed by atoms with van der Waals surface area (Å²) in [6.45, 7) is 1.71. The summed E-state index contributed by atoms with van der Waals surface area (Å²) in [5, 5.41) is 2.92. The number of hydrogen-bond acceptors (Lipinski definition) is 3. The van der Waals surface area contributed by atoms with Gasteiger partial charge in [-0.2, -0.15) is 4.31 Å². The van der Waals surface area contributed by atoms with Crippen molar-refractivity contribution in [2.45, 2.75) is 44.1 Å². The van der Waals surface area contributed by atoms with Gasteiger partial charge in [0.05, 0.1) is 4.91 Å². The van der Waals surface area contributed by atoms with Gasteiger partial charge in [-0.25, -0.2) is 13.2 Å². The van der Waals surface area contributed by atoms with Gasteiger partial charge in [-0.1, -0.05) is 30.4 Å². The molecule has 0 atom stereocenters. The van der Waals surface area contributed by atoms with Crippen molar-refractivity contribution >= 4 is 21.7 Å². The van der Waals surface area contributed by atoms with Gasteiger partial charge in [-0.3, -0.25) is 0 Å². The Bertz CT molecular complexity index is 885. The van der Waals surface area contributed by atoms with Crippen LogP contribution in [0.1, 0.15) is 38.5 Å². The van der Waals surface area contributed by atoms with Gasteiger partial charge in [-0.15, -0.1) is 0 Å². The van der Waals surface area contributed by atoms with Gasteiger partial charge in [0.15, 0.2) is 0 Å². The fourth-order valence-corrected chi connectivity index (χ4v) is 6.55. The highest BCUT2D eigenvalue weighted by molar-refractivity contribution is 7.93. The minimum absolute atomic E-state index is 0.119. The summed E-state index contributed by atoms with van der Waals surface area (Å²) in [4.78, 5) is 14.8. The number of urea groups is 1. The van der Waals surface area contributed by atoms with Crippen molar-refractivity contribution in [1.82, 2.24) is 9.21 Å². The average molecular weight is 402 g/mol. The molecule has 6 nitrogen and oxygen atoms in total. The lowest BCUT2D eigenvalue weighted by atomic mass is 9.86. The second-order valence-electron chi connectivity index (χ2n) is 7.77. The van der Waals surface area contributed by atoms with Gasteiger partial charge in [0.1, 0.15) is 0 Å². The molecular weight excluding hydrogens is 374 g/mol. The number of benzene rings is 1. The highest BCUT2D eigenvalue weighted by Gasteiger charge is 2.49. The van der Waals surface area contributed by atoms with Crippen molar-refractivity contribution in [3.05, 3.63) is 53.5 Å². The molecule has 1 spiro atoms. The van der Waals surface area contributed by atoms with Crippen molar-refractivity contribution in [2.24, 2.45) is 0 Å². The van der Waals surface area contributed by atoms with Gasteiger partial charge >= 0.3 is 6.03 Å². The lowest BCUT2D eigenvalue weighted by Gasteiger charge is -2.44. The number of rotatable bonds is 3. The van der Waals surface area contributed by atoms with E-state index in [0.717, 1.165) is 31.4 Å². The Morgan fingerprint density at radius 3 is 2.43 bits per heavy atom. The Morgan fingerprint density at radius 1 is 1.00 bits per heavy atom. The molecule has 7 heteroatoms. The van der Waals surface area contributed by atoms with Crippen LogP contribution in [-0.4, -0.2) is 48.8 Å². The van der Waals surface area contributed by atoms with Crippen LogP contribution in [0.15, 0.2) is 53.5 Å². The lowest BCUT2D eigenvalue weighted by Crippen LogP contribution is -2.55. The molecular formula is C21H27N3O3S. The zero-order valence-corrected chi connectivity index (χ0v) is 16.8. The highest BCUT2D eigenvalue weighted by atomic mass is 32.2. The maximum atomic E-state index is 13.2. The van der Waals surface area contributed by atoms with Crippen LogP contribution in [0.4, 0.5) is 10.5 Å². The van der Waals surface area contributed by atoms with E-state index < -0.39 is 10.0 Å². The molecule has 1 aliphatic carbocycles. The molecule has 1 aromatic rings. The van der Waals surface area contributed by atoms with Crippen LogP contribution in [0.25, 0.3) is 0 Å². The largest absolute Gasteiger partial charge is 0.324 e. The van der Waals surface area contributed by atoms with Crippen molar-refractivity contribution in [2.75, 3.05) is 25.0 Å². The van der Waals surface area contributed by atoms with E-state index in [-0.39, 0.29) is 11.6 Å². The molecule has 0 unspecified atom stereocenters. The number of carbonyl (C=O) groups excluding carboxylic acids is 1. The number of anilines is 1. The summed E-state index contributed by atoms with van der Waals surface area (Å²) in [6.07, 6.45) is 10.3. The molecule has 2 saturated heterocycles. The Hall–Kier alpha value is -2.12. The number of likely N-dealkylation sites (tertiary alicyclic amines) is 1. The van der Waals surface area contributed by atoms with Crippen LogP contribution in [0.2, 0.25) is 0 Å². The van der Waals surface area contributed by atoms with Crippen LogP contribution < -0.4 is 5.32 Å². The van der Waals surface area contributed by atoms with E-state index in [9.17, 15) is 13.2 Å². The van der Waals surface area contributed by atoms with Crippen molar-refractivity contribution in [3.63, 3.8) is 0 Å². The number of carbonyl (C=O) groups is 1. The third kappa shape index (κ3) is 3.61. The number of hydrogen-bond donors (Lipinski definition) is 1. The summed E-state index contributed by atoms with van der Waals surface area (Å²) in [5.74, 6) is 0. The second kappa shape index (κ2) is 7.72. The molecule has 0 bridgehead atoms. The van der Waals surface area contributed by atoms with Crippen LogP contribution in [0, 0.1) is 0 Å². The van der Waals surface area contributed by atoms with Crippen molar-refractivity contribution < 1.29 is 13.2 Å². The van der Waals surface area contributed by atoms with E-state index >= 15 is 0 Å². The predicted octanol–water partition coefficient (Wildman–Crippen LogP) is 3.71. The second-order valence-corrected chi connectivity index (χ2v) is 9.64. The third-order valence-corrected chi connectivity index (χ3v) is 8.14. The average Bonchev–Trinajstić information content (AvgIpc) is 3.14. The molecule has 0 aromatic heterocycles. The first kappa shape index (κ1) is 19.2. The molecule has 0 saturated carbocycles. The van der Waals surface area contributed by atoms with Gasteiger partial charge in [0, 0.05) is 30.9 Å². The number of sulfonamides is 1. The minimum Gasteiger partial charge on any atom is -0.324 e. The third-order valence-electron chi connectivity index (χ3n) is 6.09. The number of amides is 2. The highest BCUT2D eigenvalue weighted by Crippen LogP contribution is 2.42. The molecule has 2 amide bonds. The number of nitrogens with one attached hydrogen (secondary N) is 1. The number of para-hydroxylation sites is 1. The van der Waals surface area contributed by atoms with Crippen LogP contribution in [-0.2, 0) is 10.0 Å². The summed E-state index contributed by atoms with van der Waals surface area (Å²) in [5.41, 5.74) is 0.419. The Labute approximate surface area is 167 Å². The van der Waals surface area contributed by atoms with E-state index in [1.54, 1.807) is 15.3 Å². The van der Waals surface area contributed by atoms with E-state index in [2.05, 4.69) is 5.32 Å². The normalized spacial score (nSPS) is 22.3. The van der Waals surface area contributed by atoms with Crippen LogP contribution in [0.3, 0.4) is 0 Å². The molecule has 2 heterocycles. The Morgan fingerprint density at radius 2 is 1.75 bits per heavy atom. The summed E-state index contributed by atoms with van der Waals surface area (Å²) in [6, 6.07) is 9.28. The fraction of sp³-hybridized carbons (Fsp3) is 0.476. The minimum atomic E-state index is -3.47. The quantitative estimate of drug-likeness (QED) is 0.839. The first-order valence-corrected chi connectivity index (χ1v) is 11.5. The molecule has 2 fully saturated rings. The summed E-state index contributed by atoms with van der Waals surface area (Å²) >= 11 is 0. The molecule has 1 aromatic carbocycles. The molecule has 1 N–H and O–H groups in total. The maximum absolute atomic E-state index is 13.2. The van der Waals surface area contributed by atoms with Crippen LogP contribution in [0.5, 0.6) is 0 Å². The number of allylic oxidation sites excluding steroid dienone is 3. The fourth-order valence-electron chi connectivity index (χ4n) is 4.55. The zero-order valence-electron chi connectivity index (χ0n) is 16.0. The monoisotopic (exact) mass is 401 g/mol. The Kier molecular flexibility index (Phi) is 5.29. The molecule has 0 radical (unpaired) electrons. The maximum Gasteiger partial charge on any atom is 0.321 e. The first-order valence-electron chi connectivity index (χ1n) is 10.0. The van der Waals surface area contributed by atoms with E-state index in [1.165, 1.54) is 0 Å². The van der Waals surface area contributed by atoms with Crippen LogP contribution >= 0.6 is 0 Å². The number of piperidine rings is 1. The molecule has 3 aliphatic rings. The van der Waals surface area contributed by atoms with Crippen molar-refractivity contribution in [3.8, 4) is 0 Å². The van der Waals surface area contributed by atoms with E-state index in [4.69, 9.17) is 0 Å². The SMILES string of the molecule is O=C(Nc1ccccc1)N1CCC2(CCCN2S(=O)(=O)C2=CCCC=C2)CC1. The first-order chi connectivity index (χ1) is 13.5. The van der Waals surface area contributed by atoms with Gasteiger partial charge in [-0.05, 0) is 56.7 Å². The standard InChI is InChI=1S/C21H27N3O3S/c25-20(22-18-8-3-1-4-9-18)23-16-13-21(14-17-23)12-7-15-24(21)28(26,27)19-10-5-2-6-11-19/h1,3-5,8-11H,2,6-7,12-17H2,(H,22,25). The molecule has 4 rings (SSSR count). The van der Waals surface area contributed by atoms with E-state index in [0.29, 0.717) is 37.4 Å². The summed E-state index contributed by atoms with van der Waals surface area (Å²) in [7, 11) is -3.47. The molecule has 2 aliphatic heterocycles.